The molecule has 0 aliphatic heterocycles. The minimum atomic E-state index is -0.285. The number of aromatic nitrogens is 3. The highest BCUT2D eigenvalue weighted by Crippen LogP contribution is 2.28. The summed E-state index contributed by atoms with van der Waals surface area (Å²) < 4.78 is 1.50. The van der Waals surface area contributed by atoms with Gasteiger partial charge in [0.15, 0.2) is 5.65 Å². The van der Waals surface area contributed by atoms with Gasteiger partial charge in [0.25, 0.3) is 5.91 Å². The van der Waals surface area contributed by atoms with E-state index in [1.807, 2.05) is 80.6 Å². The molecule has 180 valence electrons. The molecule has 0 radical (unpaired) electrons. The zero-order valence-corrected chi connectivity index (χ0v) is 20.3. The number of benzene rings is 3. The van der Waals surface area contributed by atoms with E-state index in [-0.39, 0.29) is 23.3 Å². The SMILES string of the molecule is Cc1ccc(/C=N/n2c(N)c(C(=O)NC(C)CCc3ccccc3)c3nc4ccccc4nc32)cc1. The third kappa shape index (κ3) is 4.81. The van der Waals surface area contributed by atoms with Crippen LogP contribution in [0.25, 0.3) is 22.2 Å². The predicted molar refractivity (Wildman–Crippen MR) is 145 cm³/mol. The second kappa shape index (κ2) is 10.00. The van der Waals surface area contributed by atoms with Crippen LogP contribution in [0.15, 0.2) is 84.0 Å². The molecule has 2 aromatic heterocycles. The van der Waals surface area contributed by atoms with Gasteiger partial charge in [0.2, 0.25) is 0 Å². The molecule has 0 spiro atoms. The summed E-state index contributed by atoms with van der Waals surface area (Å²) in [6, 6.07) is 25.7. The van der Waals surface area contributed by atoms with Crippen LogP contribution in [0.4, 0.5) is 5.82 Å². The van der Waals surface area contributed by atoms with E-state index in [4.69, 9.17) is 15.7 Å². The second-order valence-corrected chi connectivity index (χ2v) is 9.01. The molecule has 3 aromatic carbocycles. The van der Waals surface area contributed by atoms with Gasteiger partial charge >= 0.3 is 0 Å². The van der Waals surface area contributed by atoms with Crippen LogP contribution < -0.4 is 11.1 Å². The maximum atomic E-state index is 13.4. The van der Waals surface area contributed by atoms with Crippen molar-refractivity contribution in [3.63, 3.8) is 0 Å². The number of nitrogens with one attached hydrogen (secondary N) is 1. The van der Waals surface area contributed by atoms with E-state index >= 15 is 0 Å². The van der Waals surface area contributed by atoms with Crippen molar-refractivity contribution < 1.29 is 4.79 Å². The van der Waals surface area contributed by atoms with Gasteiger partial charge in [-0.05, 0) is 49.9 Å². The van der Waals surface area contributed by atoms with E-state index in [1.165, 1.54) is 10.2 Å². The Balaban J connectivity index is 1.49. The number of nitrogens with two attached hydrogens (primary N) is 1. The van der Waals surface area contributed by atoms with Gasteiger partial charge in [-0.3, -0.25) is 4.79 Å². The third-order valence-electron chi connectivity index (χ3n) is 6.19. The summed E-state index contributed by atoms with van der Waals surface area (Å²) in [5, 5.41) is 7.67. The van der Waals surface area contributed by atoms with Gasteiger partial charge in [-0.25, -0.2) is 9.97 Å². The number of aryl methyl sites for hydroxylation is 2. The van der Waals surface area contributed by atoms with Gasteiger partial charge in [0.1, 0.15) is 16.9 Å². The maximum Gasteiger partial charge on any atom is 0.257 e. The van der Waals surface area contributed by atoms with Gasteiger partial charge < -0.3 is 11.1 Å². The Bertz CT molecular complexity index is 1550. The van der Waals surface area contributed by atoms with Crippen LogP contribution in [0.5, 0.6) is 0 Å². The maximum absolute atomic E-state index is 13.4. The lowest BCUT2D eigenvalue weighted by molar-refractivity contribution is 0.0940. The zero-order chi connectivity index (χ0) is 25.1. The first-order valence-corrected chi connectivity index (χ1v) is 12.0. The van der Waals surface area contributed by atoms with Crippen molar-refractivity contribution in [2.24, 2.45) is 5.10 Å². The topological polar surface area (TPSA) is 98.2 Å². The molecular formula is C29H28N6O. The zero-order valence-electron chi connectivity index (χ0n) is 20.3. The first kappa shape index (κ1) is 23.2. The number of hydrogen-bond acceptors (Lipinski definition) is 5. The summed E-state index contributed by atoms with van der Waals surface area (Å²) in [6.07, 6.45) is 3.37. The second-order valence-electron chi connectivity index (χ2n) is 9.01. The fourth-order valence-corrected chi connectivity index (χ4v) is 4.16. The molecule has 0 bridgehead atoms. The third-order valence-corrected chi connectivity index (χ3v) is 6.19. The molecule has 0 aliphatic rings. The lowest BCUT2D eigenvalue weighted by Crippen LogP contribution is -2.33. The molecule has 7 heteroatoms. The van der Waals surface area contributed by atoms with Gasteiger partial charge in [-0.2, -0.15) is 9.78 Å². The summed E-state index contributed by atoms with van der Waals surface area (Å²) in [4.78, 5) is 22.9. The summed E-state index contributed by atoms with van der Waals surface area (Å²) in [6.45, 7) is 4.03. The summed E-state index contributed by atoms with van der Waals surface area (Å²) in [5.41, 5.74) is 12.4. The number of rotatable bonds is 7. The Morgan fingerprint density at radius 1 is 1.00 bits per heavy atom. The highest BCUT2D eigenvalue weighted by Gasteiger charge is 2.25. The van der Waals surface area contributed by atoms with E-state index in [1.54, 1.807) is 6.21 Å². The molecule has 36 heavy (non-hydrogen) atoms. The number of fused-ring (bicyclic) bond motifs is 2. The van der Waals surface area contributed by atoms with Crippen molar-refractivity contribution in [1.82, 2.24) is 20.0 Å². The van der Waals surface area contributed by atoms with Crippen molar-refractivity contribution in [2.45, 2.75) is 32.7 Å². The Labute approximate surface area is 209 Å². The van der Waals surface area contributed by atoms with Gasteiger partial charge in [0, 0.05) is 6.04 Å². The standard InChI is InChI=1S/C29H28N6O/c1-19-12-15-22(16-13-19)18-31-35-27(30)25(26-28(35)34-24-11-7-6-10-23(24)33-26)29(36)32-20(2)14-17-21-8-4-3-5-9-21/h3-13,15-16,18,20H,14,17,30H2,1-2H3,(H,32,36)/b31-18+. The van der Waals surface area contributed by atoms with Gasteiger partial charge in [0.05, 0.1) is 17.2 Å². The molecule has 1 amide bonds. The minimum Gasteiger partial charge on any atom is -0.383 e. The number of carbonyl (C=O) groups excluding carboxylic acids is 1. The molecule has 1 atom stereocenters. The van der Waals surface area contributed by atoms with Crippen molar-refractivity contribution in [3.8, 4) is 0 Å². The van der Waals surface area contributed by atoms with Crippen molar-refractivity contribution in [1.29, 1.82) is 0 Å². The highest BCUT2D eigenvalue weighted by atomic mass is 16.1. The molecule has 0 saturated carbocycles. The normalized spacial score (nSPS) is 12.4. The first-order chi connectivity index (χ1) is 17.5. The average Bonchev–Trinajstić information content (AvgIpc) is 3.16. The fourth-order valence-electron chi connectivity index (χ4n) is 4.16. The summed E-state index contributed by atoms with van der Waals surface area (Å²) in [5.74, 6) is -0.0802. The van der Waals surface area contributed by atoms with E-state index in [9.17, 15) is 4.79 Å². The number of amides is 1. The molecular weight excluding hydrogens is 448 g/mol. The van der Waals surface area contributed by atoms with Crippen LogP contribution in [-0.4, -0.2) is 32.8 Å². The summed E-state index contributed by atoms with van der Waals surface area (Å²) in [7, 11) is 0. The van der Waals surface area contributed by atoms with Crippen LogP contribution in [0, 0.1) is 6.92 Å². The summed E-state index contributed by atoms with van der Waals surface area (Å²) >= 11 is 0. The Kier molecular flexibility index (Phi) is 6.45. The van der Waals surface area contributed by atoms with E-state index in [0.717, 1.165) is 24.0 Å². The first-order valence-electron chi connectivity index (χ1n) is 12.0. The molecule has 0 saturated heterocycles. The molecule has 3 N–H and O–H groups in total. The molecule has 0 aliphatic carbocycles. The number of hydrogen-bond donors (Lipinski definition) is 2. The molecule has 5 rings (SSSR count). The molecule has 5 aromatic rings. The number of anilines is 1. The molecule has 7 nitrogen and oxygen atoms in total. The smallest absolute Gasteiger partial charge is 0.257 e. The Hall–Kier alpha value is -4.52. The number of carbonyl (C=O) groups is 1. The van der Waals surface area contributed by atoms with Crippen LogP contribution >= 0.6 is 0 Å². The lowest BCUT2D eigenvalue weighted by atomic mass is 10.1. The van der Waals surface area contributed by atoms with Gasteiger partial charge in [-0.1, -0.05) is 72.3 Å². The van der Waals surface area contributed by atoms with Crippen LogP contribution in [0.3, 0.4) is 0 Å². The van der Waals surface area contributed by atoms with Crippen molar-refractivity contribution in [2.75, 3.05) is 5.73 Å². The van der Waals surface area contributed by atoms with Gasteiger partial charge in [-0.15, -0.1) is 0 Å². The van der Waals surface area contributed by atoms with Crippen molar-refractivity contribution in [3.05, 3.63) is 101 Å². The van der Waals surface area contributed by atoms with Crippen LogP contribution in [0.2, 0.25) is 0 Å². The molecule has 0 fully saturated rings. The minimum absolute atomic E-state index is 0.0556. The number of para-hydroxylation sites is 2. The predicted octanol–water partition coefficient (Wildman–Crippen LogP) is 5.11. The van der Waals surface area contributed by atoms with E-state index in [0.29, 0.717) is 22.2 Å². The van der Waals surface area contributed by atoms with Crippen LogP contribution in [0.1, 0.15) is 40.4 Å². The molecule has 2 heterocycles. The molecule has 1 unspecified atom stereocenters. The Morgan fingerprint density at radius 2 is 1.67 bits per heavy atom. The Morgan fingerprint density at radius 3 is 2.39 bits per heavy atom. The van der Waals surface area contributed by atoms with E-state index < -0.39 is 0 Å². The fraction of sp³-hybridized carbons (Fsp3) is 0.172. The van der Waals surface area contributed by atoms with Crippen LogP contribution in [-0.2, 0) is 6.42 Å². The van der Waals surface area contributed by atoms with Crippen molar-refractivity contribution >= 4 is 40.1 Å². The lowest BCUT2D eigenvalue weighted by Gasteiger charge is -2.14. The average molecular weight is 477 g/mol. The van der Waals surface area contributed by atoms with E-state index in [2.05, 4.69) is 22.6 Å². The monoisotopic (exact) mass is 476 g/mol. The number of nitrogens with zero attached hydrogens (tertiary/aromatic N) is 4. The quantitative estimate of drug-likeness (QED) is 0.319. The largest absolute Gasteiger partial charge is 0.383 e. The highest BCUT2D eigenvalue weighted by molar-refractivity contribution is 6.10. The number of nitrogen functional groups attached to an aromatic ring is 1.